The third kappa shape index (κ3) is 2.97. The van der Waals surface area contributed by atoms with Gasteiger partial charge in [0, 0.05) is 12.2 Å². The average molecular weight is 243 g/mol. The van der Waals surface area contributed by atoms with Crippen LogP contribution in [0.1, 0.15) is 41.5 Å². The zero-order valence-electron chi connectivity index (χ0n) is 10.6. The van der Waals surface area contributed by atoms with Crippen LogP contribution in [0.25, 0.3) is 0 Å². The monoisotopic (exact) mass is 243 g/mol. The summed E-state index contributed by atoms with van der Waals surface area (Å²) in [4.78, 5) is 11.9. The Morgan fingerprint density at radius 2 is 2.06 bits per heavy atom. The minimum atomic E-state index is -0.151. The summed E-state index contributed by atoms with van der Waals surface area (Å²) in [6, 6.07) is 11.6. The largest absolute Gasteiger partial charge is 0.347 e. The lowest BCUT2D eigenvalue weighted by Crippen LogP contribution is -2.23. The third-order valence-electron chi connectivity index (χ3n) is 2.75. The Morgan fingerprint density at radius 3 is 2.67 bits per heavy atom. The molecular weight excluding hydrogens is 226 g/mol. The normalized spacial score (nSPS) is 10.6. The van der Waals surface area contributed by atoms with Crippen LogP contribution in [0, 0.1) is 0 Å². The maximum atomic E-state index is 11.9. The first-order valence-corrected chi connectivity index (χ1v) is 6.04. The highest BCUT2D eigenvalue weighted by atomic mass is 16.1. The van der Waals surface area contributed by atoms with E-state index >= 15 is 0 Å². The fraction of sp³-hybridized carbons (Fsp3) is 0.286. The van der Waals surface area contributed by atoms with Crippen LogP contribution in [0.15, 0.2) is 36.4 Å². The molecule has 1 aromatic heterocycles. The SMILES string of the molecule is CC(C)c1cc(C(=O)NCc2ccccc2)n[nH]1. The Labute approximate surface area is 106 Å². The van der Waals surface area contributed by atoms with Gasteiger partial charge in [0.1, 0.15) is 5.69 Å². The molecule has 2 rings (SSSR count). The van der Waals surface area contributed by atoms with E-state index in [4.69, 9.17) is 0 Å². The van der Waals surface area contributed by atoms with Gasteiger partial charge < -0.3 is 5.32 Å². The average Bonchev–Trinajstić information content (AvgIpc) is 2.87. The van der Waals surface area contributed by atoms with Gasteiger partial charge >= 0.3 is 0 Å². The molecule has 0 aliphatic heterocycles. The zero-order chi connectivity index (χ0) is 13.0. The van der Waals surface area contributed by atoms with E-state index in [1.165, 1.54) is 0 Å². The van der Waals surface area contributed by atoms with E-state index in [0.29, 0.717) is 18.2 Å². The molecule has 1 heterocycles. The number of benzene rings is 1. The topological polar surface area (TPSA) is 57.8 Å². The number of aromatic nitrogens is 2. The highest BCUT2D eigenvalue weighted by Gasteiger charge is 2.11. The summed E-state index contributed by atoms with van der Waals surface area (Å²) in [7, 11) is 0. The first kappa shape index (κ1) is 12.4. The van der Waals surface area contributed by atoms with Crippen molar-refractivity contribution >= 4 is 5.91 Å². The number of carbonyl (C=O) groups excluding carboxylic acids is 1. The quantitative estimate of drug-likeness (QED) is 0.866. The molecule has 2 aromatic rings. The smallest absolute Gasteiger partial charge is 0.272 e. The molecule has 94 valence electrons. The molecule has 0 radical (unpaired) electrons. The predicted molar refractivity (Wildman–Crippen MR) is 70.3 cm³/mol. The van der Waals surface area contributed by atoms with Gasteiger partial charge in [0.25, 0.3) is 5.91 Å². The number of aromatic amines is 1. The number of hydrogen-bond acceptors (Lipinski definition) is 2. The Kier molecular flexibility index (Phi) is 3.77. The van der Waals surface area contributed by atoms with Crippen molar-refractivity contribution in [1.82, 2.24) is 15.5 Å². The Balaban J connectivity index is 1.95. The van der Waals surface area contributed by atoms with Crippen molar-refractivity contribution in [3.8, 4) is 0 Å². The van der Waals surface area contributed by atoms with Crippen molar-refractivity contribution in [3.63, 3.8) is 0 Å². The van der Waals surface area contributed by atoms with E-state index < -0.39 is 0 Å². The predicted octanol–water partition coefficient (Wildman–Crippen LogP) is 2.46. The molecule has 0 saturated heterocycles. The molecule has 0 bridgehead atoms. The Bertz CT molecular complexity index is 517. The van der Waals surface area contributed by atoms with Gasteiger partial charge in [-0.25, -0.2) is 0 Å². The molecule has 0 aliphatic carbocycles. The maximum absolute atomic E-state index is 11.9. The number of carbonyl (C=O) groups is 1. The number of hydrogen-bond donors (Lipinski definition) is 2. The summed E-state index contributed by atoms with van der Waals surface area (Å²) in [6.45, 7) is 4.63. The van der Waals surface area contributed by atoms with Crippen LogP contribution < -0.4 is 5.32 Å². The van der Waals surface area contributed by atoms with E-state index in [0.717, 1.165) is 11.3 Å². The van der Waals surface area contributed by atoms with Crippen LogP contribution in [0.5, 0.6) is 0 Å². The molecule has 18 heavy (non-hydrogen) atoms. The summed E-state index contributed by atoms with van der Waals surface area (Å²) in [5.41, 5.74) is 2.49. The lowest BCUT2D eigenvalue weighted by molar-refractivity contribution is 0.0946. The Morgan fingerprint density at radius 1 is 1.33 bits per heavy atom. The first-order valence-electron chi connectivity index (χ1n) is 6.04. The van der Waals surface area contributed by atoms with Crippen LogP contribution in [0.4, 0.5) is 0 Å². The highest BCUT2D eigenvalue weighted by molar-refractivity contribution is 5.92. The van der Waals surface area contributed by atoms with Crippen LogP contribution in [0.2, 0.25) is 0 Å². The van der Waals surface area contributed by atoms with Crippen molar-refractivity contribution in [2.45, 2.75) is 26.3 Å². The lowest BCUT2D eigenvalue weighted by atomic mass is 10.1. The number of rotatable bonds is 4. The molecule has 2 N–H and O–H groups in total. The van der Waals surface area contributed by atoms with E-state index in [2.05, 4.69) is 29.4 Å². The van der Waals surface area contributed by atoms with E-state index in [1.54, 1.807) is 6.07 Å². The van der Waals surface area contributed by atoms with Crippen molar-refractivity contribution < 1.29 is 4.79 Å². The van der Waals surface area contributed by atoms with Gasteiger partial charge in [-0.15, -0.1) is 0 Å². The van der Waals surface area contributed by atoms with Gasteiger partial charge in [0.05, 0.1) is 0 Å². The number of nitrogens with one attached hydrogen (secondary N) is 2. The molecular formula is C14H17N3O. The van der Waals surface area contributed by atoms with Gasteiger partial charge in [-0.1, -0.05) is 44.2 Å². The van der Waals surface area contributed by atoms with Gasteiger partial charge in [-0.3, -0.25) is 9.89 Å². The summed E-state index contributed by atoms with van der Waals surface area (Å²) >= 11 is 0. The molecule has 0 unspecified atom stereocenters. The van der Waals surface area contributed by atoms with Gasteiger partial charge in [0.2, 0.25) is 0 Å². The molecule has 4 heteroatoms. The summed E-state index contributed by atoms with van der Waals surface area (Å²) in [5.74, 6) is 0.190. The van der Waals surface area contributed by atoms with Crippen molar-refractivity contribution in [2.75, 3.05) is 0 Å². The van der Waals surface area contributed by atoms with Gasteiger partial charge in [-0.05, 0) is 17.5 Å². The Hall–Kier alpha value is -2.10. The zero-order valence-corrected chi connectivity index (χ0v) is 10.6. The van der Waals surface area contributed by atoms with E-state index in [-0.39, 0.29) is 5.91 Å². The fourth-order valence-electron chi connectivity index (χ4n) is 1.62. The van der Waals surface area contributed by atoms with E-state index in [1.807, 2.05) is 30.3 Å². The molecule has 0 spiro atoms. The molecule has 1 amide bonds. The van der Waals surface area contributed by atoms with E-state index in [9.17, 15) is 4.79 Å². The maximum Gasteiger partial charge on any atom is 0.272 e. The fourth-order valence-corrected chi connectivity index (χ4v) is 1.62. The number of nitrogens with zero attached hydrogens (tertiary/aromatic N) is 1. The number of H-pyrrole nitrogens is 1. The molecule has 0 saturated carbocycles. The van der Waals surface area contributed by atoms with Crippen molar-refractivity contribution in [1.29, 1.82) is 0 Å². The van der Waals surface area contributed by atoms with Crippen molar-refractivity contribution in [3.05, 3.63) is 53.3 Å². The van der Waals surface area contributed by atoms with Crippen LogP contribution in [-0.4, -0.2) is 16.1 Å². The molecule has 0 fully saturated rings. The molecule has 1 aromatic carbocycles. The highest BCUT2D eigenvalue weighted by Crippen LogP contribution is 2.11. The first-order chi connectivity index (χ1) is 8.66. The third-order valence-corrected chi connectivity index (χ3v) is 2.75. The molecule has 0 aliphatic rings. The molecule has 0 atom stereocenters. The standard InChI is InChI=1S/C14H17N3O/c1-10(2)12-8-13(17-16-12)14(18)15-9-11-6-4-3-5-7-11/h3-8,10H,9H2,1-2H3,(H,15,18)(H,16,17). The van der Waals surface area contributed by atoms with Gasteiger partial charge in [-0.2, -0.15) is 5.10 Å². The second-order valence-corrected chi connectivity index (χ2v) is 4.53. The lowest BCUT2D eigenvalue weighted by Gasteiger charge is -2.02. The summed E-state index contributed by atoms with van der Waals surface area (Å²) < 4.78 is 0. The second-order valence-electron chi connectivity index (χ2n) is 4.53. The van der Waals surface area contributed by atoms with Gasteiger partial charge in [0.15, 0.2) is 0 Å². The van der Waals surface area contributed by atoms with Crippen LogP contribution in [-0.2, 0) is 6.54 Å². The van der Waals surface area contributed by atoms with Crippen LogP contribution in [0.3, 0.4) is 0 Å². The second kappa shape index (κ2) is 5.49. The minimum absolute atomic E-state index is 0.151. The van der Waals surface area contributed by atoms with Crippen molar-refractivity contribution in [2.24, 2.45) is 0 Å². The summed E-state index contributed by atoms with van der Waals surface area (Å²) in [5, 5.41) is 9.73. The summed E-state index contributed by atoms with van der Waals surface area (Å²) in [6.07, 6.45) is 0. The minimum Gasteiger partial charge on any atom is -0.347 e. The molecule has 4 nitrogen and oxygen atoms in total. The van der Waals surface area contributed by atoms with Crippen LogP contribution >= 0.6 is 0 Å². The number of amides is 1.